The third-order valence-electron chi connectivity index (χ3n) is 4.94. The lowest BCUT2D eigenvalue weighted by molar-refractivity contribution is 0.0471. The molecule has 0 radical (unpaired) electrons. The maximum atomic E-state index is 10.3. The third kappa shape index (κ3) is 1.68. The van der Waals surface area contributed by atoms with Gasteiger partial charge in [-0.25, -0.2) is 0 Å². The van der Waals surface area contributed by atoms with Crippen LogP contribution in [0.1, 0.15) is 28.4 Å². The summed E-state index contributed by atoms with van der Waals surface area (Å²) in [7, 11) is 0. The Bertz CT molecular complexity index is 937. The fraction of sp³-hybridized carbons (Fsp3) is 0.200. The Hall–Kier alpha value is -2.16. The molecule has 3 aromatic carbocycles. The van der Waals surface area contributed by atoms with Crippen LogP contribution in [0.4, 0.5) is 0 Å². The van der Waals surface area contributed by atoms with E-state index in [1.165, 1.54) is 32.7 Å². The van der Waals surface area contributed by atoms with Gasteiger partial charge in [0.05, 0.1) is 0 Å². The van der Waals surface area contributed by atoms with E-state index in [1.54, 1.807) is 6.08 Å². The van der Waals surface area contributed by atoms with Crippen molar-refractivity contribution in [3.05, 3.63) is 64.7 Å². The van der Waals surface area contributed by atoms with Crippen molar-refractivity contribution in [2.75, 3.05) is 0 Å². The number of aryl methyl sites for hydroxylation is 2. The second-order valence-electron chi connectivity index (χ2n) is 6.08. The van der Waals surface area contributed by atoms with Gasteiger partial charge in [-0.15, -0.1) is 0 Å². The minimum atomic E-state index is -0.851. The van der Waals surface area contributed by atoms with Crippen LogP contribution >= 0.6 is 0 Å². The first-order valence-electron chi connectivity index (χ1n) is 7.58. The van der Waals surface area contributed by atoms with Gasteiger partial charge in [-0.1, -0.05) is 48.6 Å². The normalized spacial score (nSPS) is 20.5. The van der Waals surface area contributed by atoms with Crippen molar-refractivity contribution < 1.29 is 10.2 Å². The molecule has 3 aromatic rings. The third-order valence-corrected chi connectivity index (χ3v) is 4.94. The summed E-state index contributed by atoms with van der Waals surface area (Å²) in [4.78, 5) is 0. The molecule has 0 saturated carbocycles. The molecule has 0 amide bonds. The van der Waals surface area contributed by atoms with Crippen molar-refractivity contribution in [1.82, 2.24) is 0 Å². The van der Waals surface area contributed by atoms with E-state index >= 15 is 0 Å². The van der Waals surface area contributed by atoms with Gasteiger partial charge >= 0.3 is 0 Å². The first-order chi connectivity index (χ1) is 10.6. The van der Waals surface area contributed by atoms with Crippen LogP contribution in [0.15, 0.2) is 42.5 Å². The standard InChI is InChI=1S/C20H18O2/c1-11-12(2)19-15(14-6-4-3-5-13(11)14)7-8-17-16(19)9-10-18(21)20(17)22/h3-10,18,20-22H,1-2H3. The lowest BCUT2D eigenvalue weighted by atomic mass is 9.84. The quantitative estimate of drug-likeness (QED) is 0.614. The summed E-state index contributed by atoms with van der Waals surface area (Å²) in [5, 5.41) is 25.0. The summed E-state index contributed by atoms with van der Waals surface area (Å²) in [6.45, 7) is 4.28. The fourth-order valence-corrected chi connectivity index (χ4v) is 3.62. The van der Waals surface area contributed by atoms with E-state index in [0.717, 1.165) is 11.1 Å². The highest BCUT2D eigenvalue weighted by Crippen LogP contribution is 2.39. The van der Waals surface area contributed by atoms with Gasteiger partial charge in [-0.05, 0) is 57.6 Å². The SMILES string of the molecule is Cc1c(C)c2c3c(ccc2c2ccccc12)C(O)C(O)C=C3. The number of benzene rings is 3. The first-order valence-corrected chi connectivity index (χ1v) is 7.58. The molecule has 0 aromatic heterocycles. The molecule has 2 heteroatoms. The van der Waals surface area contributed by atoms with E-state index in [4.69, 9.17) is 0 Å². The molecule has 0 aliphatic heterocycles. The molecule has 1 aliphatic carbocycles. The fourth-order valence-electron chi connectivity index (χ4n) is 3.62. The molecular weight excluding hydrogens is 272 g/mol. The van der Waals surface area contributed by atoms with Gasteiger partial charge in [0, 0.05) is 0 Å². The molecule has 0 fully saturated rings. The van der Waals surface area contributed by atoms with Gasteiger partial charge in [0.2, 0.25) is 0 Å². The van der Waals surface area contributed by atoms with Gasteiger partial charge < -0.3 is 10.2 Å². The van der Waals surface area contributed by atoms with Crippen LogP contribution in [0.3, 0.4) is 0 Å². The zero-order valence-corrected chi connectivity index (χ0v) is 12.7. The van der Waals surface area contributed by atoms with Crippen molar-refractivity contribution in [2.45, 2.75) is 26.1 Å². The number of hydrogen-bond acceptors (Lipinski definition) is 2. The molecule has 22 heavy (non-hydrogen) atoms. The van der Waals surface area contributed by atoms with Crippen LogP contribution in [0.25, 0.3) is 27.6 Å². The molecular formula is C20H18O2. The summed E-state index contributed by atoms with van der Waals surface area (Å²) < 4.78 is 0. The van der Waals surface area contributed by atoms with E-state index in [-0.39, 0.29) is 0 Å². The Morgan fingerprint density at radius 2 is 1.55 bits per heavy atom. The van der Waals surface area contributed by atoms with Gasteiger partial charge in [-0.2, -0.15) is 0 Å². The zero-order valence-electron chi connectivity index (χ0n) is 12.7. The highest BCUT2D eigenvalue weighted by molar-refractivity contribution is 6.13. The molecule has 2 atom stereocenters. The van der Waals surface area contributed by atoms with E-state index in [0.29, 0.717) is 0 Å². The van der Waals surface area contributed by atoms with Gasteiger partial charge in [0.15, 0.2) is 0 Å². The highest BCUT2D eigenvalue weighted by Gasteiger charge is 2.24. The Morgan fingerprint density at radius 1 is 0.818 bits per heavy atom. The van der Waals surface area contributed by atoms with E-state index in [9.17, 15) is 10.2 Å². The second-order valence-corrected chi connectivity index (χ2v) is 6.08. The monoisotopic (exact) mass is 290 g/mol. The second kappa shape index (κ2) is 4.67. The highest BCUT2D eigenvalue weighted by atomic mass is 16.3. The van der Waals surface area contributed by atoms with Crippen LogP contribution in [0.5, 0.6) is 0 Å². The lowest BCUT2D eigenvalue weighted by Gasteiger charge is -2.24. The summed E-state index contributed by atoms with van der Waals surface area (Å²) in [5.74, 6) is 0. The Labute approximate surface area is 129 Å². The zero-order chi connectivity index (χ0) is 15.4. The number of aliphatic hydroxyl groups excluding tert-OH is 2. The minimum absolute atomic E-state index is 0.806. The Balaban J connectivity index is 2.22. The molecule has 4 rings (SSSR count). The maximum absolute atomic E-state index is 10.3. The average Bonchev–Trinajstić information content (AvgIpc) is 2.55. The smallest absolute Gasteiger partial charge is 0.109 e. The van der Waals surface area contributed by atoms with Crippen molar-refractivity contribution in [3.63, 3.8) is 0 Å². The van der Waals surface area contributed by atoms with E-state index < -0.39 is 12.2 Å². The van der Waals surface area contributed by atoms with E-state index in [2.05, 4.69) is 44.2 Å². The molecule has 0 saturated heterocycles. The van der Waals surface area contributed by atoms with Crippen LogP contribution < -0.4 is 0 Å². The molecule has 1 aliphatic rings. The summed E-state index contributed by atoms with van der Waals surface area (Å²) >= 11 is 0. The predicted octanol–water partition coefficient (Wildman–Crippen LogP) is 4.03. The number of hydrogen-bond donors (Lipinski definition) is 2. The molecule has 2 unspecified atom stereocenters. The molecule has 0 spiro atoms. The minimum Gasteiger partial charge on any atom is -0.386 e. The number of aliphatic hydroxyl groups is 2. The summed E-state index contributed by atoms with van der Waals surface area (Å²) in [6.07, 6.45) is 1.94. The largest absolute Gasteiger partial charge is 0.386 e. The topological polar surface area (TPSA) is 40.5 Å². The van der Waals surface area contributed by atoms with Gasteiger partial charge in [-0.3, -0.25) is 0 Å². The molecule has 2 nitrogen and oxygen atoms in total. The lowest BCUT2D eigenvalue weighted by Crippen LogP contribution is -2.19. The summed E-state index contributed by atoms with van der Waals surface area (Å²) in [5.41, 5.74) is 4.34. The Kier molecular flexibility index (Phi) is 2.86. The molecule has 0 bridgehead atoms. The maximum Gasteiger partial charge on any atom is 0.109 e. The first kappa shape index (κ1) is 13.5. The van der Waals surface area contributed by atoms with Gasteiger partial charge in [0.1, 0.15) is 12.2 Å². The molecule has 0 heterocycles. The predicted molar refractivity (Wildman–Crippen MR) is 90.9 cm³/mol. The van der Waals surface area contributed by atoms with Crippen LogP contribution in [0, 0.1) is 13.8 Å². The number of rotatable bonds is 0. The van der Waals surface area contributed by atoms with Crippen LogP contribution in [-0.2, 0) is 0 Å². The van der Waals surface area contributed by atoms with Crippen LogP contribution in [0.2, 0.25) is 0 Å². The molecule has 2 N–H and O–H groups in total. The summed E-state index contributed by atoms with van der Waals surface area (Å²) in [6, 6.07) is 12.4. The van der Waals surface area contributed by atoms with Crippen molar-refractivity contribution in [3.8, 4) is 0 Å². The van der Waals surface area contributed by atoms with Crippen molar-refractivity contribution >= 4 is 27.6 Å². The Morgan fingerprint density at radius 3 is 2.32 bits per heavy atom. The van der Waals surface area contributed by atoms with Crippen LogP contribution in [-0.4, -0.2) is 16.3 Å². The average molecular weight is 290 g/mol. The molecule has 110 valence electrons. The van der Waals surface area contributed by atoms with Crippen molar-refractivity contribution in [1.29, 1.82) is 0 Å². The van der Waals surface area contributed by atoms with Crippen molar-refractivity contribution in [2.24, 2.45) is 0 Å². The van der Waals surface area contributed by atoms with E-state index in [1.807, 2.05) is 12.1 Å². The van der Waals surface area contributed by atoms with Gasteiger partial charge in [0.25, 0.3) is 0 Å². The number of fused-ring (bicyclic) bond motifs is 5.